The minimum Gasteiger partial charge on any atom is -0.383 e. The molecule has 0 saturated heterocycles. The van der Waals surface area contributed by atoms with Crippen LogP contribution in [-0.4, -0.2) is 10.7 Å². The molecule has 5 heteroatoms. The number of hydrogen-bond acceptors (Lipinski definition) is 4. The highest BCUT2D eigenvalue weighted by Crippen LogP contribution is 2.27. The summed E-state index contributed by atoms with van der Waals surface area (Å²) in [7, 11) is 0. The van der Waals surface area contributed by atoms with Crippen molar-refractivity contribution in [3.63, 3.8) is 0 Å². The van der Waals surface area contributed by atoms with Gasteiger partial charge in [0, 0.05) is 16.7 Å². The summed E-state index contributed by atoms with van der Waals surface area (Å²) >= 11 is 7.74. The Balaban J connectivity index is 2.27. The lowest BCUT2D eigenvalue weighted by Gasteiger charge is -2.15. The molecule has 2 rings (SSSR count). The summed E-state index contributed by atoms with van der Waals surface area (Å²) in [6.07, 6.45) is 1.52. The van der Waals surface area contributed by atoms with Crippen molar-refractivity contribution in [2.75, 3.05) is 11.5 Å². The lowest BCUT2D eigenvalue weighted by Crippen LogP contribution is -2.14. The first-order valence-corrected chi connectivity index (χ1v) is 7.37. The molecule has 0 fully saturated rings. The molecule has 0 bridgehead atoms. The number of thioether (sulfide) groups is 1. The number of anilines is 1. The summed E-state index contributed by atoms with van der Waals surface area (Å²) in [6.45, 7) is 2.13. The molecule has 0 amide bonds. The zero-order chi connectivity index (χ0) is 13.8. The largest absolute Gasteiger partial charge is 0.383 e. The second-order valence-electron chi connectivity index (χ2n) is 4.11. The molecule has 1 aromatic heterocycles. The molecule has 3 nitrogen and oxygen atoms in total. The number of nitrogens with zero attached hydrogens (tertiary/aromatic N) is 1. The van der Waals surface area contributed by atoms with E-state index in [1.54, 1.807) is 17.8 Å². The predicted molar refractivity (Wildman–Crippen MR) is 82.5 cm³/mol. The van der Waals surface area contributed by atoms with Gasteiger partial charge >= 0.3 is 0 Å². The van der Waals surface area contributed by atoms with Crippen LogP contribution in [0.4, 0.5) is 5.82 Å². The van der Waals surface area contributed by atoms with Gasteiger partial charge in [-0.15, -0.1) is 11.8 Å². The van der Waals surface area contributed by atoms with Crippen molar-refractivity contribution in [1.82, 2.24) is 4.98 Å². The molecule has 0 aliphatic heterocycles. The van der Waals surface area contributed by atoms with Crippen LogP contribution >= 0.6 is 23.4 Å². The summed E-state index contributed by atoms with van der Waals surface area (Å²) in [5.41, 5.74) is 13.8. The number of hydrogen-bond donors (Lipinski definition) is 2. The fraction of sp³-hybridized carbons (Fsp3) is 0.214. The summed E-state index contributed by atoms with van der Waals surface area (Å²) in [6, 6.07) is 9.62. The lowest BCUT2D eigenvalue weighted by molar-refractivity contribution is 0.866. The molecule has 4 N–H and O–H groups in total. The van der Waals surface area contributed by atoms with Crippen LogP contribution in [0.3, 0.4) is 0 Å². The SMILES string of the molecule is CCSc1ccc(C(N)c2cc(Cl)cnc2N)cc1. The van der Waals surface area contributed by atoms with E-state index < -0.39 is 0 Å². The van der Waals surface area contributed by atoms with Gasteiger partial charge in [0.2, 0.25) is 0 Å². The van der Waals surface area contributed by atoms with Gasteiger partial charge in [-0.25, -0.2) is 4.98 Å². The molecule has 1 unspecified atom stereocenters. The predicted octanol–water partition coefficient (Wildman–Crippen LogP) is 3.48. The van der Waals surface area contributed by atoms with Gasteiger partial charge in [-0.3, -0.25) is 0 Å². The molecule has 0 aliphatic carbocycles. The van der Waals surface area contributed by atoms with E-state index in [1.807, 2.05) is 12.1 Å². The Bertz CT molecular complexity index is 557. The van der Waals surface area contributed by atoms with E-state index in [-0.39, 0.29) is 6.04 Å². The first-order valence-electron chi connectivity index (χ1n) is 6.01. The van der Waals surface area contributed by atoms with Crippen molar-refractivity contribution in [2.45, 2.75) is 17.9 Å². The van der Waals surface area contributed by atoms with Gasteiger partial charge in [-0.1, -0.05) is 30.7 Å². The van der Waals surface area contributed by atoms with Crippen molar-refractivity contribution in [2.24, 2.45) is 5.73 Å². The van der Waals surface area contributed by atoms with Gasteiger partial charge in [0.05, 0.1) is 11.1 Å². The third-order valence-corrected chi connectivity index (χ3v) is 3.90. The van der Waals surface area contributed by atoms with Crippen LogP contribution < -0.4 is 11.5 Å². The van der Waals surface area contributed by atoms with Crippen molar-refractivity contribution in [1.29, 1.82) is 0 Å². The first kappa shape index (κ1) is 14.2. The zero-order valence-electron chi connectivity index (χ0n) is 10.6. The van der Waals surface area contributed by atoms with E-state index >= 15 is 0 Å². The van der Waals surface area contributed by atoms with Crippen LogP contribution in [0.1, 0.15) is 24.1 Å². The van der Waals surface area contributed by atoms with E-state index in [4.69, 9.17) is 23.1 Å². The van der Waals surface area contributed by atoms with Gasteiger partial charge in [-0.2, -0.15) is 0 Å². The number of rotatable bonds is 4. The Morgan fingerprint density at radius 1 is 1.32 bits per heavy atom. The van der Waals surface area contributed by atoms with E-state index in [9.17, 15) is 0 Å². The van der Waals surface area contributed by atoms with E-state index in [2.05, 4.69) is 24.0 Å². The van der Waals surface area contributed by atoms with Gasteiger partial charge in [0.25, 0.3) is 0 Å². The summed E-state index contributed by atoms with van der Waals surface area (Å²) < 4.78 is 0. The number of nitrogens with two attached hydrogens (primary N) is 2. The Morgan fingerprint density at radius 3 is 2.63 bits per heavy atom. The molecule has 1 aromatic carbocycles. The quantitative estimate of drug-likeness (QED) is 0.847. The zero-order valence-corrected chi connectivity index (χ0v) is 12.2. The Morgan fingerprint density at radius 2 is 2.00 bits per heavy atom. The fourth-order valence-electron chi connectivity index (χ4n) is 1.83. The van der Waals surface area contributed by atoms with Crippen LogP contribution in [-0.2, 0) is 0 Å². The topological polar surface area (TPSA) is 64.9 Å². The molecular formula is C14H16ClN3S. The highest BCUT2D eigenvalue weighted by molar-refractivity contribution is 7.99. The number of benzene rings is 1. The molecular weight excluding hydrogens is 278 g/mol. The molecule has 19 heavy (non-hydrogen) atoms. The molecule has 100 valence electrons. The van der Waals surface area contributed by atoms with Crippen LogP contribution in [0.2, 0.25) is 5.02 Å². The van der Waals surface area contributed by atoms with Crippen LogP contribution in [0.25, 0.3) is 0 Å². The second-order valence-corrected chi connectivity index (χ2v) is 5.88. The molecule has 1 heterocycles. The first-order chi connectivity index (χ1) is 9.11. The Kier molecular flexibility index (Phi) is 4.69. The highest BCUT2D eigenvalue weighted by atomic mass is 35.5. The third-order valence-electron chi connectivity index (χ3n) is 2.80. The average Bonchev–Trinajstić information content (AvgIpc) is 2.42. The number of nitrogen functional groups attached to an aromatic ring is 1. The van der Waals surface area contributed by atoms with E-state index in [1.165, 1.54) is 11.1 Å². The standard InChI is InChI=1S/C14H16ClN3S/c1-2-19-11-5-3-9(4-6-11)13(16)12-7-10(15)8-18-14(12)17/h3-8,13H,2,16H2,1H3,(H2,17,18). The van der Waals surface area contributed by atoms with Gasteiger partial charge < -0.3 is 11.5 Å². The minimum atomic E-state index is -0.313. The van der Waals surface area contributed by atoms with Crippen LogP contribution in [0, 0.1) is 0 Å². The van der Waals surface area contributed by atoms with Crippen molar-refractivity contribution < 1.29 is 0 Å². The maximum absolute atomic E-state index is 6.22. The van der Waals surface area contributed by atoms with Gasteiger partial charge in [0.15, 0.2) is 0 Å². The minimum absolute atomic E-state index is 0.313. The maximum atomic E-state index is 6.22. The second kappa shape index (κ2) is 6.28. The van der Waals surface area contributed by atoms with Crippen molar-refractivity contribution >= 4 is 29.2 Å². The van der Waals surface area contributed by atoms with E-state index in [0.717, 1.165) is 16.9 Å². The maximum Gasteiger partial charge on any atom is 0.128 e. The molecule has 0 spiro atoms. The number of aromatic nitrogens is 1. The summed E-state index contributed by atoms with van der Waals surface area (Å²) in [4.78, 5) is 5.27. The fourth-order valence-corrected chi connectivity index (χ4v) is 2.66. The third kappa shape index (κ3) is 3.41. The Hall–Kier alpha value is -1.23. The normalized spacial score (nSPS) is 12.4. The number of pyridine rings is 1. The molecule has 0 radical (unpaired) electrons. The van der Waals surface area contributed by atoms with Gasteiger partial charge in [0.1, 0.15) is 5.82 Å². The Labute approximate surface area is 122 Å². The van der Waals surface area contributed by atoms with Crippen LogP contribution in [0.5, 0.6) is 0 Å². The summed E-state index contributed by atoms with van der Waals surface area (Å²) in [5.74, 6) is 1.47. The highest BCUT2D eigenvalue weighted by Gasteiger charge is 2.13. The monoisotopic (exact) mass is 293 g/mol. The molecule has 0 aliphatic rings. The average molecular weight is 294 g/mol. The van der Waals surface area contributed by atoms with Gasteiger partial charge in [-0.05, 0) is 29.5 Å². The lowest BCUT2D eigenvalue weighted by atomic mass is 10.0. The van der Waals surface area contributed by atoms with E-state index in [0.29, 0.717) is 10.8 Å². The molecule has 2 aromatic rings. The smallest absolute Gasteiger partial charge is 0.128 e. The number of halogens is 1. The van der Waals surface area contributed by atoms with Crippen LogP contribution in [0.15, 0.2) is 41.4 Å². The summed E-state index contributed by atoms with van der Waals surface area (Å²) in [5, 5.41) is 0.540. The van der Waals surface area contributed by atoms with Crippen molar-refractivity contribution in [3.8, 4) is 0 Å². The molecule has 1 atom stereocenters. The van der Waals surface area contributed by atoms with Crippen molar-refractivity contribution in [3.05, 3.63) is 52.7 Å². The molecule has 0 saturated carbocycles.